The van der Waals surface area contributed by atoms with Gasteiger partial charge in [-0.25, -0.2) is 4.79 Å². The summed E-state index contributed by atoms with van der Waals surface area (Å²) in [5.74, 6) is 0.125. The van der Waals surface area contributed by atoms with Gasteiger partial charge in [-0.2, -0.15) is 0 Å². The van der Waals surface area contributed by atoms with Gasteiger partial charge >= 0.3 is 6.03 Å². The molecule has 0 bridgehead atoms. The minimum absolute atomic E-state index is 0.110. The van der Waals surface area contributed by atoms with Gasteiger partial charge in [0, 0.05) is 12.2 Å². The third kappa shape index (κ3) is 6.09. The average molecular weight is 349 g/mol. The number of para-hydroxylation sites is 1. The molecule has 0 saturated heterocycles. The highest BCUT2D eigenvalue weighted by Crippen LogP contribution is 2.25. The maximum Gasteiger partial charge on any atom is 0.325 e. The summed E-state index contributed by atoms with van der Waals surface area (Å²) in [7, 11) is 0. The summed E-state index contributed by atoms with van der Waals surface area (Å²) in [6.45, 7) is 3.96. The average Bonchev–Trinajstić information content (AvgIpc) is 2.99. The van der Waals surface area contributed by atoms with Crippen LogP contribution >= 0.6 is 23.1 Å². The maximum absolute atomic E-state index is 11.8. The van der Waals surface area contributed by atoms with E-state index in [2.05, 4.69) is 32.7 Å². The van der Waals surface area contributed by atoms with Crippen LogP contribution in [0.5, 0.6) is 0 Å². The number of hydrogen-bond donors (Lipinski definition) is 3. The van der Waals surface area contributed by atoms with Crippen LogP contribution in [0.25, 0.3) is 0 Å². The molecule has 2 rings (SSSR count). The number of nitrogens with one attached hydrogen (secondary N) is 3. The number of rotatable bonds is 7. The molecule has 9 heteroatoms. The molecule has 0 radical (unpaired) electrons. The van der Waals surface area contributed by atoms with Crippen molar-refractivity contribution < 1.29 is 9.59 Å². The highest BCUT2D eigenvalue weighted by molar-refractivity contribution is 8.01. The first kappa shape index (κ1) is 17.0. The standard InChI is InChI=1S/C14H15N5O2S2/c1-2-8-15-11(20)9-22-14-19-18-13(23-14)17-12(21)16-10-6-4-3-5-7-10/h2-7H,1,8-9H2,(H,15,20)(H2,16,17,18,21). The number of hydrogen-bond acceptors (Lipinski definition) is 6. The Balaban J connectivity index is 1.79. The normalized spacial score (nSPS) is 9.91. The highest BCUT2D eigenvalue weighted by Gasteiger charge is 2.10. The first-order chi connectivity index (χ1) is 11.2. The zero-order valence-electron chi connectivity index (χ0n) is 12.1. The monoisotopic (exact) mass is 349 g/mol. The van der Waals surface area contributed by atoms with E-state index in [4.69, 9.17) is 0 Å². The lowest BCUT2D eigenvalue weighted by molar-refractivity contribution is -0.118. The predicted octanol–water partition coefficient (Wildman–Crippen LogP) is 2.58. The van der Waals surface area contributed by atoms with E-state index in [1.165, 1.54) is 23.1 Å². The predicted molar refractivity (Wildman–Crippen MR) is 92.9 cm³/mol. The Morgan fingerprint density at radius 2 is 2.00 bits per heavy atom. The topological polar surface area (TPSA) is 96.0 Å². The van der Waals surface area contributed by atoms with Crippen molar-refractivity contribution in [1.29, 1.82) is 0 Å². The summed E-state index contributed by atoms with van der Waals surface area (Å²) < 4.78 is 0.605. The van der Waals surface area contributed by atoms with Crippen molar-refractivity contribution in [3.05, 3.63) is 43.0 Å². The minimum Gasteiger partial charge on any atom is -0.352 e. The van der Waals surface area contributed by atoms with Crippen LogP contribution < -0.4 is 16.0 Å². The van der Waals surface area contributed by atoms with Gasteiger partial charge in [0.05, 0.1) is 5.75 Å². The Bertz CT molecular complexity index is 675. The smallest absolute Gasteiger partial charge is 0.325 e. The number of thioether (sulfide) groups is 1. The minimum atomic E-state index is -0.396. The summed E-state index contributed by atoms with van der Waals surface area (Å²) in [4.78, 5) is 23.3. The third-order valence-electron chi connectivity index (χ3n) is 2.43. The van der Waals surface area contributed by atoms with E-state index in [9.17, 15) is 9.59 Å². The number of anilines is 2. The molecule has 0 saturated carbocycles. The lowest BCUT2D eigenvalue weighted by Gasteiger charge is -2.03. The quantitative estimate of drug-likeness (QED) is 0.406. The lowest BCUT2D eigenvalue weighted by atomic mass is 10.3. The molecule has 0 spiro atoms. The van der Waals surface area contributed by atoms with Gasteiger partial charge in [0.25, 0.3) is 0 Å². The van der Waals surface area contributed by atoms with E-state index >= 15 is 0 Å². The van der Waals surface area contributed by atoms with Crippen molar-refractivity contribution in [3.63, 3.8) is 0 Å². The number of aromatic nitrogens is 2. The van der Waals surface area contributed by atoms with Gasteiger partial charge in [0.15, 0.2) is 4.34 Å². The van der Waals surface area contributed by atoms with Crippen LogP contribution in [-0.4, -0.2) is 34.4 Å². The first-order valence-corrected chi connectivity index (χ1v) is 8.44. The zero-order chi connectivity index (χ0) is 16.5. The Morgan fingerprint density at radius 1 is 1.22 bits per heavy atom. The van der Waals surface area contributed by atoms with E-state index in [-0.39, 0.29) is 11.7 Å². The number of carbonyl (C=O) groups excluding carboxylic acids is 2. The number of amides is 3. The largest absolute Gasteiger partial charge is 0.352 e. The van der Waals surface area contributed by atoms with Gasteiger partial charge in [-0.15, -0.1) is 16.8 Å². The molecular weight excluding hydrogens is 334 g/mol. The van der Waals surface area contributed by atoms with Gasteiger partial charge in [0.1, 0.15) is 0 Å². The SMILES string of the molecule is C=CCNC(=O)CSc1nnc(NC(=O)Nc2ccccc2)s1. The van der Waals surface area contributed by atoms with E-state index in [1.54, 1.807) is 18.2 Å². The molecule has 0 fully saturated rings. The number of urea groups is 1. The molecule has 0 aliphatic carbocycles. The van der Waals surface area contributed by atoms with Crippen molar-refractivity contribution in [2.75, 3.05) is 22.9 Å². The summed E-state index contributed by atoms with van der Waals surface area (Å²) in [6, 6.07) is 8.68. The molecular formula is C14H15N5O2S2. The van der Waals surface area contributed by atoms with E-state index in [0.29, 0.717) is 21.7 Å². The maximum atomic E-state index is 11.8. The lowest BCUT2D eigenvalue weighted by Crippen LogP contribution is -2.24. The van der Waals surface area contributed by atoms with Crippen molar-refractivity contribution in [1.82, 2.24) is 15.5 Å². The van der Waals surface area contributed by atoms with Gasteiger partial charge in [0.2, 0.25) is 11.0 Å². The Hall–Kier alpha value is -2.39. The molecule has 120 valence electrons. The van der Waals surface area contributed by atoms with Gasteiger partial charge in [-0.05, 0) is 12.1 Å². The molecule has 3 amide bonds. The number of nitrogens with zero attached hydrogens (tertiary/aromatic N) is 2. The van der Waals surface area contributed by atoms with E-state index in [0.717, 1.165) is 0 Å². The molecule has 0 atom stereocenters. The van der Waals surface area contributed by atoms with Crippen molar-refractivity contribution in [2.24, 2.45) is 0 Å². The first-order valence-electron chi connectivity index (χ1n) is 6.64. The molecule has 2 aromatic rings. The van der Waals surface area contributed by atoms with Crippen LogP contribution in [0, 0.1) is 0 Å². The summed E-state index contributed by atoms with van der Waals surface area (Å²) in [6.07, 6.45) is 1.61. The fourth-order valence-electron chi connectivity index (χ4n) is 1.46. The van der Waals surface area contributed by atoms with Crippen molar-refractivity contribution in [3.8, 4) is 0 Å². The summed E-state index contributed by atoms with van der Waals surface area (Å²) in [5, 5.41) is 16.1. The van der Waals surface area contributed by atoms with Crippen LogP contribution in [0.1, 0.15) is 0 Å². The molecule has 7 nitrogen and oxygen atoms in total. The van der Waals surface area contributed by atoms with Crippen LogP contribution in [0.3, 0.4) is 0 Å². The second kappa shape index (κ2) is 8.91. The molecule has 1 heterocycles. The molecule has 3 N–H and O–H groups in total. The highest BCUT2D eigenvalue weighted by atomic mass is 32.2. The molecule has 1 aromatic carbocycles. The second-order valence-electron chi connectivity index (χ2n) is 4.20. The number of carbonyl (C=O) groups is 2. The van der Waals surface area contributed by atoms with Crippen LogP contribution in [0.4, 0.5) is 15.6 Å². The van der Waals surface area contributed by atoms with E-state index in [1.807, 2.05) is 18.2 Å². The fourth-order valence-corrected chi connectivity index (χ4v) is 3.04. The van der Waals surface area contributed by atoms with Crippen molar-refractivity contribution >= 4 is 45.9 Å². The van der Waals surface area contributed by atoms with Crippen molar-refractivity contribution in [2.45, 2.75) is 4.34 Å². The second-order valence-corrected chi connectivity index (χ2v) is 6.40. The van der Waals surface area contributed by atoms with Gasteiger partial charge in [-0.3, -0.25) is 10.1 Å². The van der Waals surface area contributed by atoms with Crippen LogP contribution in [0.15, 0.2) is 47.3 Å². The third-order valence-corrected chi connectivity index (χ3v) is 4.40. The summed E-state index contributed by atoms with van der Waals surface area (Å²) >= 11 is 2.46. The van der Waals surface area contributed by atoms with Gasteiger partial charge in [-0.1, -0.05) is 47.4 Å². The van der Waals surface area contributed by atoms with Gasteiger partial charge < -0.3 is 10.6 Å². The van der Waals surface area contributed by atoms with E-state index < -0.39 is 6.03 Å². The number of benzene rings is 1. The van der Waals surface area contributed by atoms with Crippen LogP contribution in [-0.2, 0) is 4.79 Å². The Morgan fingerprint density at radius 3 is 2.74 bits per heavy atom. The molecule has 0 aliphatic heterocycles. The molecule has 1 aromatic heterocycles. The molecule has 23 heavy (non-hydrogen) atoms. The zero-order valence-corrected chi connectivity index (χ0v) is 13.7. The molecule has 0 unspecified atom stereocenters. The van der Waals surface area contributed by atoms with Crippen LogP contribution in [0.2, 0.25) is 0 Å². The fraction of sp³-hybridized carbons (Fsp3) is 0.143. The molecule has 0 aliphatic rings. The Labute approximate surface area is 141 Å². The Kier molecular flexibility index (Phi) is 6.57. The summed E-state index contributed by atoms with van der Waals surface area (Å²) in [5.41, 5.74) is 0.683.